The van der Waals surface area contributed by atoms with E-state index in [4.69, 9.17) is 0 Å². The SMILES string of the molecule is CC1CCCC(C2(O)CC(C)CCC2C(C)C)C1. The first-order valence-electron chi connectivity index (χ1n) is 8.15. The predicted molar refractivity (Wildman–Crippen MR) is 77.4 cm³/mol. The Balaban J connectivity index is 2.17. The normalized spacial score (nSPS) is 46.3. The van der Waals surface area contributed by atoms with Crippen molar-refractivity contribution in [3.63, 3.8) is 0 Å². The highest BCUT2D eigenvalue weighted by Crippen LogP contribution is 2.49. The van der Waals surface area contributed by atoms with E-state index in [0.29, 0.717) is 23.7 Å². The molecule has 0 heterocycles. The molecule has 1 nitrogen and oxygen atoms in total. The van der Waals surface area contributed by atoms with E-state index in [1.807, 2.05) is 0 Å². The molecule has 1 N–H and O–H groups in total. The second-order valence-corrected chi connectivity index (χ2v) is 7.70. The van der Waals surface area contributed by atoms with E-state index in [1.54, 1.807) is 0 Å². The second-order valence-electron chi connectivity index (χ2n) is 7.70. The number of rotatable bonds is 2. The van der Waals surface area contributed by atoms with Crippen molar-refractivity contribution in [2.45, 2.75) is 78.2 Å². The van der Waals surface area contributed by atoms with Crippen molar-refractivity contribution in [3.05, 3.63) is 0 Å². The molecule has 0 aromatic rings. The van der Waals surface area contributed by atoms with Crippen molar-refractivity contribution >= 4 is 0 Å². The van der Waals surface area contributed by atoms with Crippen LogP contribution in [0.3, 0.4) is 0 Å². The van der Waals surface area contributed by atoms with Gasteiger partial charge in [-0.3, -0.25) is 0 Å². The quantitative estimate of drug-likeness (QED) is 0.759. The molecule has 106 valence electrons. The average molecular weight is 252 g/mol. The van der Waals surface area contributed by atoms with Crippen molar-refractivity contribution in [3.8, 4) is 0 Å². The van der Waals surface area contributed by atoms with Gasteiger partial charge in [-0.15, -0.1) is 0 Å². The van der Waals surface area contributed by atoms with E-state index in [0.717, 1.165) is 12.3 Å². The standard InChI is InChI=1S/C17H32O/c1-12(2)16-9-8-14(4)11-17(16,18)15-7-5-6-13(3)10-15/h12-16,18H,5-11H2,1-4H3. The molecule has 18 heavy (non-hydrogen) atoms. The number of hydrogen-bond donors (Lipinski definition) is 1. The van der Waals surface area contributed by atoms with Gasteiger partial charge < -0.3 is 5.11 Å². The molecule has 5 atom stereocenters. The second kappa shape index (κ2) is 5.53. The zero-order valence-corrected chi connectivity index (χ0v) is 12.8. The molecule has 0 amide bonds. The summed E-state index contributed by atoms with van der Waals surface area (Å²) in [6.07, 6.45) is 8.81. The van der Waals surface area contributed by atoms with Crippen molar-refractivity contribution in [2.24, 2.45) is 29.6 Å². The Hall–Kier alpha value is -0.0400. The van der Waals surface area contributed by atoms with Crippen molar-refractivity contribution in [2.75, 3.05) is 0 Å². The highest BCUT2D eigenvalue weighted by Gasteiger charge is 2.48. The van der Waals surface area contributed by atoms with Gasteiger partial charge in [0, 0.05) is 0 Å². The van der Waals surface area contributed by atoms with Gasteiger partial charge >= 0.3 is 0 Å². The monoisotopic (exact) mass is 252 g/mol. The lowest BCUT2D eigenvalue weighted by Gasteiger charge is -2.51. The van der Waals surface area contributed by atoms with Crippen LogP contribution in [0.15, 0.2) is 0 Å². The van der Waals surface area contributed by atoms with E-state index in [9.17, 15) is 5.11 Å². The molecule has 0 aromatic heterocycles. The number of aliphatic hydroxyl groups is 1. The lowest BCUT2D eigenvalue weighted by atomic mass is 9.58. The van der Waals surface area contributed by atoms with Crippen LogP contribution in [0.5, 0.6) is 0 Å². The van der Waals surface area contributed by atoms with Gasteiger partial charge in [0.05, 0.1) is 5.60 Å². The van der Waals surface area contributed by atoms with Crippen LogP contribution in [0.25, 0.3) is 0 Å². The van der Waals surface area contributed by atoms with Crippen LogP contribution < -0.4 is 0 Å². The molecule has 2 aliphatic carbocycles. The van der Waals surface area contributed by atoms with Gasteiger partial charge in [0.2, 0.25) is 0 Å². The van der Waals surface area contributed by atoms with Crippen LogP contribution in [0.1, 0.15) is 72.6 Å². The summed E-state index contributed by atoms with van der Waals surface area (Å²) >= 11 is 0. The van der Waals surface area contributed by atoms with Crippen LogP contribution in [0.4, 0.5) is 0 Å². The molecule has 0 bridgehead atoms. The van der Waals surface area contributed by atoms with Crippen LogP contribution >= 0.6 is 0 Å². The first-order chi connectivity index (χ1) is 8.43. The van der Waals surface area contributed by atoms with Gasteiger partial charge in [0.1, 0.15) is 0 Å². The Kier molecular flexibility index (Phi) is 4.41. The van der Waals surface area contributed by atoms with Crippen molar-refractivity contribution in [1.82, 2.24) is 0 Å². The van der Waals surface area contributed by atoms with Gasteiger partial charge in [-0.1, -0.05) is 47.0 Å². The summed E-state index contributed by atoms with van der Waals surface area (Å²) in [5.41, 5.74) is -0.361. The minimum absolute atomic E-state index is 0.361. The zero-order valence-electron chi connectivity index (χ0n) is 12.8. The Morgan fingerprint density at radius 1 is 1.00 bits per heavy atom. The topological polar surface area (TPSA) is 20.2 Å². The summed E-state index contributed by atoms with van der Waals surface area (Å²) in [7, 11) is 0. The smallest absolute Gasteiger partial charge is 0.0708 e. The summed E-state index contributed by atoms with van der Waals surface area (Å²) in [6, 6.07) is 0. The highest BCUT2D eigenvalue weighted by atomic mass is 16.3. The lowest BCUT2D eigenvalue weighted by Crippen LogP contribution is -2.52. The fourth-order valence-corrected chi connectivity index (χ4v) is 4.79. The summed E-state index contributed by atoms with van der Waals surface area (Å²) in [4.78, 5) is 0. The molecule has 0 saturated heterocycles. The highest BCUT2D eigenvalue weighted by molar-refractivity contribution is 4.99. The minimum atomic E-state index is -0.361. The van der Waals surface area contributed by atoms with Crippen molar-refractivity contribution < 1.29 is 5.11 Å². The molecule has 0 aliphatic heterocycles. The van der Waals surface area contributed by atoms with Crippen LogP contribution in [0.2, 0.25) is 0 Å². The molecule has 2 aliphatic rings. The molecule has 2 fully saturated rings. The predicted octanol–water partition coefficient (Wildman–Crippen LogP) is 4.64. The van der Waals surface area contributed by atoms with Gasteiger partial charge in [0.25, 0.3) is 0 Å². The lowest BCUT2D eigenvalue weighted by molar-refractivity contribution is -0.133. The largest absolute Gasteiger partial charge is 0.389 e. The fourth-order valence-electron chi connectivity index (χ4n) is 4.79. The molecule has 5 unspecified atom stereocenters. The van der Waals surface area contributed by atoms with E-state index in [2.05, 4.69) is 27.7 Å². The molecule has 0 spiro atoms. The molecular formula is C17H32O. The summed E-state index contributed by atoms with van der Waals surface area (Å²) in [5, 5.41) is 11.4. The molecular weight excluding hydrogens is 220 g/mol. The van der Waals surface area contributed by atoms with E-state index in [-0.39, 0.29) is 5.60 Å². The maximum absolute atomic E-state index is 11.4. The Morgan fingerprint density at radius 3 is 2.33 bits per heavy atom. The molecule has 2 saturated carbocycles. The first-order valence-corrected chi connectivity index (χ1v) is 8.15. The Morgan fingerprint density at radius 2 is 1.72 bits per heavy atom. The number of hydrogen-bond acceptors (Lipinski definition) is 1. The van der Waals surface area contributed by atoms with Crippen LogP contribution in [-0.2, 0) is 0 Å². The summed E-state index contributed by atoms with van der Waals surface area (Å²) in [6.45, 7) is 9.30. The summed E-state index contributed by atoms with van der Waals surface area (Å²) in [5.74, 6) is 3.25. The Bertz CT molecular complexity index is 273. The molecule has 1 heteroatoms. The van der Waals surface area contributed by atoms with Gasteiger partial charge in [-0.05, 0) is 55.3 Å². The average Bonchev–Trinajstić information content (AvgIpc) is 2.28. The van der Waals surface area contributed by atoms with Crippen LogP contribution in [0, 0.1) is 29.6 Å². The maximum Gasteiger partial charge on any atom is 0.0708 e. The van der Waals surface area contributed by atoms with E-state index >= 15 is 0 Å². The van der Waals surface area contributed by atoms with Gasteiger partial charge in [-0.25, -0.2) is 0 Å². The Labute approximate surface area is 113 Å². The third-order valence-corrected chi connectivity index (χ3v) is 5.74. The zero-order chi connectivity index (χ0) is 13.3. The third-order valence-electron chi connectivity index (χ3n) is 5.74. The van der Waals surface area contributed by atoms with Crippen molar-refractivity contribution in [1.29, 1.82) is 0 Å². The van der Waals surface area contributed by atoms with Gasteiger partial charge in [0.15, 0.2) is 0 Å². The van der Waals surface area contributed by atoms with Gasteiger partial charge in [-0.2, -0.15) is 0 Å². The molecule has 0 aromatic carbocycles. The molecule has 2 rings (SSSR count). The van der Waals surface area contributed by atoms with E-state index in [1.165, 1.54) is 38.5 Å². The van der Waals surface area contributed by atoms with Crippen LogP contribution in [-0.4, -0.2) is 10.7 Å². The van der Waals surface area contributed by atoms with E-state index < -0.39 is 0 Å². The fraction of sp³-hybridized carbons (Fsp3) is 1.00. The first kappa shape index (κ1) is 14.4. The summed E-state index contributed by atoms with van der Waals surface area (Å²) < 4.78 is 0. The third kappa shape index (κ3) is 2.76. The maximum atomic E-state index is 11.4. The minimum Gasteiger partial charge on any atom is -0.389 e. The molecule has 0 radical (unpaired) electrons.